The molecule has 0 aromatic carbocycles. The van der Waals surface area contributed by atoms with Crippen LogP contribution in [0.5, 0.6) is 0 Å². The standard InChI is InChI=1S/C62H111NO8/c1-6-8-10-12-14-16-18-20-22-24-26-28-30-32-34-36-38-40-42-44-46-48-50-52-59(64)69-56-58(57-70-62(61(66)67)68-55-54-63(3,4)5)71-60(65)53-51-49-47-45-43-41-39-37-35-33-31-29-27-25-23-21-19-17-15-13-11-9-7-2/h9,11,15,17,21,23-24,26-27,29,58,62H,6-8,10,12-14,16,18-20,22,25,28,30-57H2,1-5H3/p+1/b11-9-,17-15-,23-21-,26-24-,29-27-. The van der Waals surface area contributed by atoms with Gasteiger partial charge in [0.2, 0.25) is 0 Å². The van der Waals surface area contributed by atoms with Crippen molar-refractivity contribution in [3.8, 4) is 0 Å². The molecule has 9 heteroatoms. The fraction of sp³-hybridized carbons (Fsp3) is 0.790. The molecule has 2 unspecified atom stereocenters. The Bertz CT molecular complexity index is 1350. The minimum absolute atomic E-state index is 0.184. The molecule has 0 bridgehead atoms. The van der Waals surface area contributed by atoms with Crippen LogP contribution in [0.15, 0.2) is 60.8 Å². The fourth-order valence-electron chi connectivity index (χ4n) is 8.24. The summed E-state index contributed by atoms with van der Waals surface area (Å²) < 4.78 is 22.9. The molecule has 0 rings (SSSR count). The smallest absolute Gasteiger partial charge is 0.361 e. The van der Waals surface area contributed by atoms with Crippen molar-refractivity contribution in [2.45, 2.75) is 270 Å². The van der Waals surface area contributed by atoms with Crippen LogP contribution in [0.4, 0.5) is 0 Å². The third-order valence-electron chi connectivity index (χ3n) is 12.8. The van der Waals surface area contributed by atoms with Crippen molar-refractivity contribution in [1.82, 2.24) is 0 Å². The topological polar surface area (TPSA) is 108 Å². The number of unbranched alkanes of at least 4 members (excludes halogenated alkanes) is 29. The van der Waals surface area contributed by atoms with E-state index in [9.17, 15) is 19.5 Å². The number of carbonyl (C=O) groups excluding carboxylic acids is 2. The van der Waals surface area contributed by atoms with E-state index < -0.39 is 24.3 Å². The summed E-state index contributed by atoms with van der Waals surface area (Å²) in [6, 6.07) is 0. The summed E-state index contributed by atoms with van der Waals surface area (Å²) in [4.78, 5) is 37.4. The Balaban J connectivity index is 4.24. The van der Waals surface area contributed by atoms with Gasteiger partial charge in [0, 0.05) is 12.8 Å². The number of allylic oxidation sites excluding steroid dienone is 10. The number of nitrogens with zero attached hydrogens (tertiary/aromatic N) is 1. The Hall–Kier alpha value is -3.01. The third-order valence-corrected chi connectivity index (χ3v) is 12.8. The van der Waals surface area contributed by atoms with Gasteiger partial charge in [-0.3, -0.25) is 9.59 Å². The average Bonchev–Trinajstić information content (AvgIpc) is 3.34. The first-order valence-electron chi connectivity index (χ1n) is 29.5. The van der Waals surface area contributed by atoms with Crippen LogP contribution in [-0.2, 0) is 33.3 Å². The summed E-state index contributed by atoms with van der Waals surface area (Å²) in [5.74, 6) is -2.00. The maximum Gasteiger partial charge on any atom is 0.361 e. The van der Waals surface area contributed by atoms with E-state index in [2.05, 4.69) is 74.6 Å². The summed E-state index contributed by atoms with van der Waals surface area (Å²) in [7, 11) is 5.97. The SMILES string of the molecule is CC/C=C\C/C=C\C/C=C\C/C=C\CCCCCCCCCCCCC(=O)OC(COC(=O)CCCCCCCCCCCCC/C=C\CCCCCCCCCC)COC(OCC[N+](C)(C)C)C(=O)O. The minimum atomic E-state index is -1.51. The molecule has 9 nitrogen and oxygen atoms in total. The summed E-state index contributed by atoms with van der Waals surface area (Å²) in [5, 5.41) is 9.71. The van der Waals surface area contributed by atoms with Crippen LogP contribution in [0.2, 0.25) is 0 Å². The zero-order chi connectivity index (χ0) is 52.0. The molecule has 2 atom stereocenters. The number of quaternary nitrogens is 1. The van der Waals surface area contributed by atoms with Gasteiger partial charge in [-0.1, -0.05) is 229 Å². The highest BCUT2D eigenvalue weighted by molar-refractivity contribution is 5.71. The van der Waals surface area contributed by atoms with Gasteiger partial charge < -0.3 is 28.5 Å². The van der Waals surface area contributed by atoms with Gasteiger partial charge in [0.1, 0.15) is 13.2 Å². The molecule has 0 saturated carbocycles. The average molecular weight is 1000 g/mol. The number of likely N-dealkylation sites (N-methyl/N-ethyl adjacent to an activating group) is 1. The van der Waals surface area contributed by atoms with Crippen LogP contribution < -0.4 is 0 Å². The molecule has 0 radical (unpaired) electrons. The first-order valence-corrected chi connectivity index (χ1v) is 29.5. The predicted octanol–water partition coefficient (Wildman–Crippen LogP) is 17.2. The minimum Gasteiger partial charge on any atom is -0.477 e. The monoisotopic (exact) mass is 999 g/mol. The van der Waals surface area contributed by atoms with Crippen molar-refractivity contribution < 1.29 is 42.9 Å². The van der Waals surface area contributed by atoms with Crippen molar-refractivity contribution in [2.75, 3.05) is 47.5 Å². The van der Waals surface area contributed by atoms with Crippen LogP contribution in [-0.4, -0.2) is 87.4 Å². The molecule has 0 aliphatic carbocycles. The van der Waals surface area contributed by atoms with Gasteiger partial charge >= 0.3 is 17.9 Å². The predicted molar refractivity (Wildman–Crippen MR) is 300 cm³/mol. The quantitative estimate of drug-likeness (QED) is 0.0211. The molecule has 0 aliphatic rings. The Kier molecular flexibility index (Phi) is 51.0. The molecule has 1 N–H and O–H groups in total. The number of hydrogen-bond acceptors (Lipinski definition) is 7. The maximum absolute atomic E-state index is 12.9. The molecule has 412 valence electrons. The lowest BCUT2D eigenvalue weighted by Crippen LogP contribution is -2.40. The molecule has 0 fully saturated rings. The molecule has 0 heterocycles. The third kappa shape index (κ3) is 54.6. The lowest BCUT2D eigenvalue weighted by Gasteiger charge is -2.25. The number of rotatable bonds is 54. The number of ether oxygens (including phenoxy) is 4. The van der Waals surface area contributed by atoms with Crippen LogP contribution in [0, 0.1) is 0 Å². The number of aliphatic carboxylic acids is 1. The fourth-order valence-corrected chi connectivity index (χ4v) is 8.24. The van der Waals surface area contributed by atoms with E-state index >= 15 is 0 Å². The van der Waals surface area contributed by atoms with E-state index in [0.717, 1.165) is 70.6 Å². The van der Waals surface area contributed by atoms with Crippen LogP contribution in [0.1, 0.15) is 258 Å². The molecule has 0 amide bonds. The Morgan fingerprint density at radius 1 is 0.437 bits per heavy atom. The van der Waals surface area contributed by atoms with Gasteiger partial charge in [0.15, 0.2) is 6.10 Å². The second kappa shape index (κ2) is 53.3. The number of carboxylic acids is 1. The first kappa shape index (κ1) is 68.0. The normalized spacial score (nSPS) is 13.2. The lowest BCUT2D eigenvalue weighted by molar-refractivity contribution is -0.870. The van der Waals surface area contributed by atoms with Crippen molar-refractivity contribution in [2.24, 2.45) is 0 Å². The van der Waals surface area contributed by atoms with E-state index in [-0.39, 0.29) is 32.2 Å². The largest absolute Gasteiger partial charge is 0.477 e. The van der Waals surface area contributed by atoms with Crippen LogP contribution >= 0.6 is 0 Å². The zero-order valence-electron chi connectivity index (χ0n) is 46.9. The van der Waals surface area contributed by atoms with Crippen LogP contribution in [0.25, 0.3) is 0 Å². The summed E-state index contributed by atoms with van der Waals surface area (Å²) >= 11 is 0. The Morgan fingerprint density at radius 3 is 1.21 bits per heavy atom. The van der Waals surface area contributed by atoms with E-state index in [1.165, 1.54) is 154 Å². The first-order chi connectivity index (χ1) is 34.6. The van der Waals surface area contributed by atoms with E-state index in [0.29, 0.717) is 23.9 Å². The molecule has 0 aromatic heterocycles. The highest BCUT2D eigenvalue weighted by atomic mass is 16.7. The number of esters is 2. The van der Waals surface area contributed by atoms with Gasteiger partial charge in [-0.05, 0) is 77.0 Å². The van der Waals surface area contributed by atoms with Gasteiger partial charge in [0.25, 0.3) is 6.29 Å². The van der Waals surface area contributed by atoms with Gasteiger partial charge in [-0.2, -0.15) is 0 Å². The van der Waals surface area contributed by atoms with E-state index in [1.807, 2.05) is 21.1 Å². The highest BCUT2D eigenvalue weighted by Crippen LogP contribution is 2.16. The van der Waals surface area contributed by atoms with Crippen molar-refractivity contribution in [3.63, 3.8) is 0 Å². The van der Waals surface area contributed by atoms with Crippen molar-refractivity contribution in [1.29, 1.82) is 0 Å². The summed E-state index contributed by atoms with van der Waals surface area (Å²) in [6.45, 7) is 4.78. The molecule has 0 aliphatic heterocycles. The van der Waals surface area contributed by atoms with Gasteiger partial charge in [0.05, 0.1) is 34.4 Å². The number of carboxylic acid groups (broad SMARTS) is 1. The lowest BCUT2D eigenvalue weighted by atomic mass is 10.0. The van der Waals surface area contributed by atoms with E-state index in [4.69, 9.17) is 18.9 Å². The Labute approximate surface area is 437 Å². The highest BCUT2D eigenvalue weighted by Gasteiger charge is 2.25. The van der Waals surface area contributed by atoms with Gasteiger partial charge in [-0.25, -0.2) is 4.79 Å². The zero-order valence-corrected chi connectivity index (χ0v) is 46.9. The molecule has 0 saturated heterocycles. The van der Waals surface area contributed by atoms with E-state index in [1.54, 1.807) is 0 Å². The second-order valence-corrected chi connectivity index (χ2v) is 20.9. The summed E-state index contributed by atoms with van der Waals surface area (Å²) in [5.41, 5.74) is 0. The van der Waals surface area contributed by atoms with Crippen LogP contribution in [0.3, 0.4) is 0 Å². The second-order valence-electron chi connectivity index (χ2n) is 20.9. The van der Waals surface area contributed by atoms with Crippen molar-refractivity contribution >= 4 is 17.9 Å². The molecule has 0 spiro atoms. The molecule has 71 heavy (non-hydrogen) atoms. The number of carbonyl (C=O) groups is 3. The Morgan fingerprint density at radius 2 is 0.803 bits per heavy atom. The van der Waals surface area contributed by atoms with Crippen molar-refractivity contribution in [3.05, 3.63) is 60.8 Å². The maximum atomic E-state index is 12.9. The molecular formula is C62H112NO8+. The summed E-state index contributed by atoms with van der Waals surface area (Å²) in [6.07, 6.45) is 64.4. The molecule has 0 aromatic rings. The molecular weight excluding hydrogens is 887 g/mol. The number of hydrogen-bond donors (Lipinski definition) is 1. The van der Waals surface area contributed by atoms with Gasteiger partial charge in [-0.15, -0.1) is 0 Å².